The Labute approximate surface area is 276 Å². The van der Waals surface area contributed by atoms with E-state index in [1.807, 2.05) is 84.6 Å². The lowest BCUT2D eigenvalue weighted by Gasteiger charge is -2.37. The number of rotatable bonds is 9. The molecule has 0 unspecified atom stereocenters. The lowest BCUT2D eigenvalue weighted by molar-refractivity contribution is 0.548. The molecule has 0 aliphatic heterocycles. The second-order valence-electron chi connectivity index (χ2n) is 13.5. The molecule has 5 aromatic rings. The van der Waals surface area contributed by atoms with E-state index in [4.69, 9.17) is 15.0 Å². The zero-order valence-corrected chi connectivity index (χ0v) is 29.3. The first-order valence-electron chi connectivity index (χ1n) is 15.3. The fourth-order valence-corrected chi connectivity index (χ4v) is 6.12. The number of aromatic nitrogens is 6. The smallest absolute Gasteiger partial charge is 0.240 e. The van der Waals surface area contributed by atoms with E-state index in [-0.39, 0.29) is 10.4 Å². The highest BCUT2D eigenvalue weighted by molar-refractivity contribution is 7.89. The summed E-state index contributed by atoms with van der Waals surface area (Å²) in [5.41, 5.74) is 4.23. The van der Waals surface area contributed by atoms with Gasteiger partial charge in [-0.2, -0.15) is 15.1 Å². The summed E-state index contributed by atoms with van der Waals surface area (Å²) in [5.74, 6) is 2.01. The minimum absolute atomic E-state index is 0.117. The molecule has 0 aliphatic rings. The summed E-state index contributed by atoms with van der Waals surface area (Å²) in [6.45, 7) is 17.8. The summed E-state index contributed by atoms with van der Waals surface area (Å²) < 4.78 is 29.3. The van der Waals surface area contributed by atoms with Crippen LogP contribution in [0, 0.1) is 20.8 Å². The van der Waals surface area contributed by atoms with Crippen LogP contribution in [0.5, 0.6) is 0 Å². The molecular weight excluding hydrogens is 615 g/mol. The van der Waals surface area contributed by atoms with E-state index >= 15 is 0 Å². The zero-order valence-electron chi connectivity index (χ0n) is 28.5. The van der Waals surface area contributed by atoms with Crippen LogP contribution in [0.1, 0.15) is 58.2 Å². The number of benzene rings is 2. The summed E-state index contributed by atoms with van der Waals surface area (Å²) in [4.78, 5) is 20.9. The van der Waals surface area contributed by atoms with Crippen molar-refractivity contribution >= 4 is 61.5 Å². The molecule has 3 aromatic heterocycles. The lowest BCUT2D eigenvalue weighted by Crippen LogP contribution is -2.39. The Hall–Kier alpha value is -4.82. The molecule has 2 aromatic carbocycles. The highest BCUT2D eigenvalue weighted by Gasteiger charge is 2.31. The average molecular weight is 658 g/mol. The SMILES string of the molecule is CNS(=O)(=O)c1cc(Nc2nc(NC(C)(C)C)ncc2C)cc(N(c2ncc(C)c(Nc3cccc4[nH]ncc34)n2)C(C)(C)C)c1C. The molecule has 248 valence electrons. The van der Waals surface area contributed by atoms with Crippen molar-refractivity contribution in [3.05, 3.63) is 65.6 Å². The summed E-state index contributed by atoms with van der Waals surface area (Å²) in [6.07, 6.45) is 5.25. The van der Waals surface area contributed by atoms with Crippen molar-refractivity contribution < 1.29 is 8.42 Å². The number of nitrogens with one attached hydrogen (secondary N) is 5. The van der Waals surface area contributed by atoms with Gasteiger partial charge in [0.1, 0.15) is 11.6 Å². The molecule has 0 saturated carbocycles. The summed E-state index contributed by atoms with van der Waals surface area (Å²) >= 11 is 0. The molecule has 3 heterocycles. The normalized spacial score (nSPS) is 12.3. The predicted molar refractivity (Wildman–Crippen MR) is 189 cm³/mol. The Morgan fingerprint density at radius 2 is 1.53 bits per heavy atom. The fraction of sp³-hybridized carbons (Fsp3) is 0.364. The van der Waals surface area contributed by atoms with Crippen molar-refractivity contribution in [2.24, 2.45) is 0 Å². The van der Waals surface area contributed by atoms with Crippen molar-refractivity contribution in [3.8, 4) is 0 Å². The monoisotopic (exact) mass is 657 g/mol. The fourth-order valence-electron chi connectivity index (χ4n) is 5.11. The molecule has 0 fully saturated rings. The van der Waals surface area contributed by atoms with E-state index in [0.29, 0.717) is 40.5 Å². The van der Waals surface area contributed by atoms with Gasteiger partial charge in [-0.05, 0) is 99.2 Å². The van der Waals surface area contributed by atoms with Gasteiger partial charge in [-0.15, -0.1) is 0 Å². The van der Waals surface area contributed by atoms with Crippen molar-refractivity contribution in [2.45, 2.75) is 78.3 Å². The highest BCUT2D eigenvalue weighted by atomic mass is 32.2. The minimum Gasteiger partial charge on any atom is -0.350 e. The molecule has 0 radical (unpaired) electrons. The number of fused-ring (bicyclic) bond motifs is 1. The number of aromatic amines is 1. The highest BCUT2D eigenvalue weighted by Crippen LogP contribution is 2.40. The average Bonchev–Trinajstić information content (AvgIpc) is 3.46. The largest absolute Gasteiger partial charge is 0.350 e. The van der Waals surface area contributed by atoms with Crippen LogP contribution in [0.15, 0.2) is 53.8 Å². The quantitative estimate of drug-likeness (QED) is 0.116. The van der Waals surface area contributed by atoms with E-state index in [2.05, 4.69) is 35.9 Å². The van der Waals surface area contributed by atoms with Gasteiger partial charge in [0.25, 0.3) is 0 Å². The van der Waals surface area contributed by atoms with Crippen LogP contribution >= 0.6 is 0 Å². The first-order chi connectivity index (χ1) is 22.0. The Kier molecular flexibility index (Phi) is 8.86. The first kappa shape index (κ1) is 33.5. The summed E-state index contributed by atoms with van der Waals surface area (Å²) in [7, 11) is -2.46. The van der Waals surface area contributed by atoms with Gasteiger partial charge >= 0.3 is 0 Å². The summed E-state index contributed by atoms with van der Waals surface area (Å²) in [5, 5.41) is 18.2. The van der Waals surface area contributed by atoms with Gasteiger partial charge in [0.2, 0.25) is 21.9 Å². The number of H-pyrrole nitrogens is 1. The lowest BCUT2D eigenvalue weighted by atomic mass is 10.0. The van der Waals surface area contributed by atoms with Crippen LogP contribution in [0.25, 0.3) is 10.9 Å². The van der Waals surface area contributed by atoms with Gasteiger partial charge in [0.05, 0.1) is 28.0 Å². The van der Waals surface area contributed by atoms with Gasteiger partial charge < -0.3 is 20.9 Å². The van der Waals surface area contributed by atoms with Gasteiger partial charge in [-0.3, -0.25) is 5.10 Å². The standard InChI is InChI=1S/C33H43N11O2S/c1-19-16-35-30(42-32(4,5)6)40-28(19)38-22-14-26(21(3)27(15-22)47(45,46)34-10)44(33(7,8)9)31-36-17-20(2)29(41-31)39-24-12-11-13-25-23(24)18-37-43-25/h11-18,34H,1-10H3,(H,37,43)(H,36,39,41)(H2,35,38,40,42). The predicted octanol–water partition coefficient (Wildman–Crippen LogP) is 6.61. The number of aryl methyl sites for hydroxylation is 2. The molecule has 0 bridgehead atoms. The third-order valence-corrected chi connectivity index (χ3v) is 8.96. The minimum atomic E-state index is -3.86. The van der Waals surface area contributed by atoms with Gasteiger partial charge in [0, 0.05) is 45.7 Å². The maximum atomic E-state index is 13.4. The number of hydrogen-bond donors (Lipinski definition) is 5. The van der Waals surface area contributed by atoms with Gasteiger partial charge in [-0.1, -0.05) is 6.07 Å². The van der Waals surface area contributed by atoms with E-state index in [1.54, 1.807) is 31.6 Å². The maximum Gasteiger partial charge on any atom is 0.240 e. The van der Waals surface area contributed by atoms with Crippen LogP contribution in [0.4, 0.5) is 40.6 Å². The van der Waals surface area contributed by atoms with Crippen molar-refractivity contribution in [1.29, 1.82) is 0 Å². The van der Waals surface area contributed by atoms with E-state index in [0.717, 1.165) is 27.7 Å². The van der Waals surface area contributed by atoms with Crippen LogP contribution in [0.3, 0.4) is 0 Å². The third-order valence-electron chi connectivity index (χ3n) is 7.42. The van der Waals surface area contributed by atoms with E-state index < -0.39 is 15.6 Å². The van der Waals surface area contributed by atoms with Crippen LogP contribution < -0.4 is 25.6 Å². The zero-order chi connectivity index (χ0) is 34.3. The number of anilines is 7. The van der Waals surface area contributed by atoms with Crippen LogP contribution in [-0.2, 0) is 10.0 Å². The number of sulfonamides is 1. The van der Waals surface area contributed by atoms with Gasteiger partial charge in [-0.25, -0.2) is 23.1 Å². The van der Waals surface area contributed by atoms with E-state index in [1.165, 1.54) is 7.05 Å². The Morgan fingerprint density at radius 1 is 0.851 bits per heavy atom. The second kappa shape index (κ2) is 12.4. The number of nitrogens with zero attached hydrogens (tertiary/aromatic N) is 6. The number of hydrogen-bond acceptors (Lipinski definition) is 11. The van der Waals surface area contributed by atoms with Crippen LogP contribution in [-0.4, -0.2) is 56.7 Å². The molecular formula is C33H43N11O2S. The third kappa shape index (κ3) is 7.28. The molecule has 0 spiro atoms. The summed E-state index contributed by atoms with van der Waals surface area (Å²) in [6, 6.07) is 9.37. The molecule has 0 aliphatic carbocycles. The molecule has 14 heteroatoms. The van der Waals surface area contributed by atoms with Crippen LogP contribution in [0.2, 0.25) is 0 Å². The molecule has 0 atom stereocenters. The second-order valence-corrected chi connectivity index (χ2v) is 15.4. The molecule has 0 amide bonds. The molecule has 47 heavy (non-hydrogen) atoms. The van der Waals surface area contributed by atoms with Crippen molar-refractivity contribution in [3.63, 3.8) is 0 Å². The molecule has 5 rings (SSSR count). The van der Waals surface area contributed by atoms with Crippen molar-refractivity contribution in [2.75, 3.05) is 27.9 Å². The topological polar surface area (TPSA) is 166 Å². The van der Waals surface area contributed by atoms with E-state index in [9.17, 15) is 8.42 Å². The molecule has 0 saturated heterocycles. The molecule has 5 N–H and O–H groups in total. The Balaban J connectivity index is 1.65. The van der Waals surface area contributed by atoms with Crippen molar-refractivity contribution in [1.82, 2.24) is 34.9 Å². The Morgan fingerprint density at radius 3 is 2.19 bits per heavy atom. The maximum absolute atomic E-state index is 13.4. The first-order valence-corrected chi connectivity index (χ1v) is 16.8. The Bertz CT molecular complexity index is 2040. The van der Waals surface area contributed by atoms with Gasteiger partial charge in [0.15, 0.2) is 0 Å². The molecule has 13 nitrogen and oxygen atoms in total.